The molecule has 0 atom stereocenters. The van der Waals surface area contributed by atoms with E-state index >= 15 is 0 Å². The van der Waals surface area contributed by atoms with Crippen molar-refractivity contribution >= 4 is 28.9 Å². The first-order valence-electron chi connectivity index (χ1n) is 5.46. The van der Waals surface area contributed by atoms with E-state index in [0.29, 0.717) is 10.0 Å². The normalized spacial score (nSPS) is 10.6. The Morgan fingerprint density at radius 3 is 2.67 bits per heavy atom. The van der Waals surface area contributed by atoms with Gasteiger partial charge in [0.1, 0.15) is 5.01 Å². The molecule has 0 amide bonds. The molecule has 94 valence electrons. The quantitative estimate of drug-likeness (QED) is 0.935. The lowest BCUT2D eigenvalue weighted by atomic mass is 10.1. The van der Waals surface area contributed by atoms with Gasteiger partial charge in [0.25, 0.3) is 0 Å². The molecular weight excluding hydrogens is 270 g/mol. The lowest BCUT2D eigenvalue weighted by molar-refractivity contribution is -0.136. The minimum absolute atomic E-state index is 0.00781. The van der Waals surface area contributed by atoms with E-state index < -0.39 is 5.97 Å². The smallest absolute Gasteiger partial charge is 0.310 e. The highest BCUT2D eigenvalue weighted by atomic mass is 35.5. The fraction of sp³-hybridized carbons (Fsp3) is 0.231. The van der Waals surface area contributed by atoms with E-state index in [1.807, 2.05) is 31.2 Å². The Hall–Kier alpha value is -1.39. The summed E-state index contributed by atoms with van der Waals surface area (Å²) >= 11 is 7.29. The zero-order valence-corrected chi connectivity index (χ0v) is 11.4. The average molecular weight is 282 g/mol. The molecule has 0 aliphatic heterocycles. The number of hydrogen-bond acceptors (Lipinski definition) is 3. The van der Waals surface area contributed by atoms with Crippen molar-refractivity contribution in [2.24, 2.45) is 0 Å². The third kappa shape index (κ3) is 3.31. The average Bonchev–Trinajstić information content (AvgIpc) is 2.61. The SMILES string of the molecule is Cc1nc(CC(=O)O)sc1Cc1ccc(Cl)cc1. The summed E-state index contributed by atoms with van der Waals surface area (Å²) in [5.41, 5.74) is 2.05. The second-order valence-electron chi connectivity index (χ2n) is 3.99. The Balaban J connectivity index is 2.16. The van der Waals surface area contributed by atoms with E-state index in [1.54, 1.807) is 0 Å². The Kier molecular flexibility index (Phi) is 3.99. The standard InChI is InChI=1S/C13H12ClNO2S/c1-8-11(18-12(15-8)7-13(16)17)6-9-2-4-10(14)5-3-9/h2-5H,6-7H2,1H3,(H,16,17). The highest BCUT2D eigenvalue weighted by Gasteiger charge is 2.10. The third-order valence-electron chi connectivity index (χ3n) is 2.52. The van der Waals surface area contributed by atoms with Gasteiger partial charge in [-0.15, -0.1) is 11.3 Å². The van der Waals surface area contributed by atoms with Gasteiger partial charge in [-0.2, -0.15) is 0 Å². The van der Waals surface area contributed by atoms with Gasteiger partial charge in [0.05, 0.1) is 12.1 Å². The van der Waals surface area contributed by atoms with E-state index in [1.165, 1.54) is 11.3 Å². The highest BCUT2D eigenvalue weighted by Crippen LogP contribution is 2.22. The first kappa shape index (κ1) is 13.1. The molecule has 0 aliphatic carbocycles. The molecule has 1 heterocycles. The molecule has 0 saturated carbocycles. The van der Waals surface area contributed by atoms with Crippen molar-refractivity contribution < 1.29 is 9.90 Å². The van der Waals surface area contributed by atoms with Crippen LogP contribution in [0.1, 0.15) is 21.1 Å². The van der Waals surface area contributed by atoms with Crippen molar-refractivity contribution in [1.82, 2.24) is 4.98 Å². The van der Waals surface area contributed by atoms with E-state index in [0.717, 1.165) is 22.6 Å². The van der Waals surface area contributed by atoms with Crippen molar-refractivity contribution in [2.75, 3.05) is 0 Å². The van der Waals surface area contributed by atoms with Crippen LogP contribution in [0.3, 0.4) is 0 Å². The Morgan fingerprint density at radius 1 is 1.39 bits per heavy atom. The van der Waals surface area contributed by atoms with E-state index in [9.17, 15) is 4.79 Å². The summed E-state index contributed by atoms with van der Waals surface area (Å²) in [6.45, 7) is 1.91. The van der Waals surface area contributed by atoms with Crippen LogP contribution in [0.4, 0.5) is 0 Å². The van der Waals surface area contributed by atoms with Crippen LogP contribution in [0, 0.1) is 6.92 Å². The fourth-order valence-electron chi connectivity index (χ4n) is 1.64. The first-order valence-corrected chi connectivity index (χ1v) is 6.65. The summed E-state index contributed by atoms with van der Waals surface area (Å²) in [7, 11) is 0. The lowest BCUT2D eigenvalue weighted by Crippen LogP contribution is -1.98. The van der Waals surface area contributed by atoms with E-state index in [4.69, 9.17) is 16.7 Å². The molecule has 2 aromatic rings. The zero-order chi connectivity index (χ0) is 13.1. The molecule has 0 aliphatic rings. The maximum atomic E-state index is 10.6. The van der Waals surface area contributed by atoms with Crippen LogP contribution in [0.15, 0.2) is 24.3 Å². The summed E-state index contributed by atoms with van der Waals surface area (Å²) in [4.78, 5) is 16.0. The van der Waals surface area contributed by atoms with E-state index in [-0.39, 0.29) is 6.42 Å². The number of thiazole rings is 1. The first-order chi connectivity index (χ1) is 8.54. The molecule has 18 heavy (non-hydrogen) atoms. The lowest BCUT2D eigenvalue weighted by Gasteiger charge is -1.99. The molecule has 0 radical (unpaired) electrons. The van der Waals surface area contributed by atoms with Crippen molar-refractivity contribution in [3.05, 3.63) is 50.4 Å². The molecule has 1 aromatic heterocycles. The maximum absolute atomic E-state index is 10.6. The second kappa shape index (κ2) is 5.50. The van der Waals surface area contributed by atoms with Crippen LogP contribution < -0.4 is 0 Å². The number of carboxylic acid groups (broad SMARTS) is 1. The third-order valence-corrected chi connectivity index (χ3v) is 3.93. The predicted molar refractivity (Wildman–Crippen MR) is 72.4 cm³/mol. The van der Waals surface area contributed by atoms with Gasteiger partial charge in [0, 0.05) is 16.3 Å². The maximum Gasteiger partial charge on any atom is 0.310 e. The molecule has 2 rings (SSSR count). The Labute approximate surface area is 114 Å². The van der Waals surface area contributed by atoms with Gasteiger partial charge in [-0.1, -0.05) is 23.7 Å². The summed E-state index contributed by atoms with van der Waals surface area (Å²) < 4.78 is 0. The van der Waals surface area contributed by atoms with Crippen LogP contribution in [0.25, 0.3) is 0 Å². The molecular formula is C13H12ClNO2S. The minimum atomic E-state index is -0.846. The predicted octanol–water partition coefficient (Wildman–Crippen LogP) is 3.32. The number of aliphatic carboxylic acids is 1. The largest absolute Gasteiger partial charge is 0.481 e. The summed E-state index contributed by atoms with van der Waals surface area (Å²) in [6, 6.07) is 7.65. The van der Waals surface area contributed by atoms with Crippen LogP contribution in [0.2, 0.25) is 5.02 Å². The number of aromatic nitrogens is 1. The molecule has 0 bridgehead atoms. The van der Waals surface area contributed by atoms with Gasteiger partial charge in [-0.25, -0.2) is 4.98 Å². The number of aryl methyl sites for hydroxylation is 1. The van der Waals surface area contributed by atoms with Crippen LogP contribution in [0.5, 0.6) is 0 Å². The number of benzene rings is 1. The molecule has 0 unspecified atom stereocenters. The van der Waals surface area contributed by atoms with Gasteiger partial charge in [-0.05, 0) is 24.6 Å². The molecule has 1 aromatic carbocycles. The summed E-state index contributed by atoms with van der Waals surface area (Å²) in [5.74, 6) is -0.846. The van der Waals surface area contributed by atoms with Gasteiger partial charge < -0.3 is 5.11 Å². The molecule has 5 heteroatoms. The number of halogens is 1. The second-order valence-corrected chi connectivity index (χ2v) is 5.59. The van der Waals surface area contributed by atoms with Gasteiger partial charge >= 0.3 is 5.97 Å². The number of carboxylic acids is 1. The van der Waals surface area contributed by atoms with Crippen molar-refractivity contribution in [1.29, 1.82) is 0 Å². The van der Waals surface area contributed by atoms with Crippen molar-refractivity contribution in [3.8, 4) is 0 Å². The van der Waals surface area contributed by atoms with Gasteiger partial charge in [0.15, 0.2) is 0 Å². The minimum Gasteiger partial charge on any atom is -0.481 e. The molecule has 0 saturated heterocycles. The molecule has 0 fully saturated rings. The van der Waals surface area contributed by atoms with E-state index in [2.05, 4.69) is 4.98 Å². The Morgan fingerprint density at radius 2 is 2.06 bits per heavy atom. The van der Waals surface area contributed by atoms with Crippen LogP contribution in [-0.4, -0.2) is 16.1 Å². The number of rotatable bonds is 4. The number of hydrogen-bond donors (Lipinski definition) is 1. The fourth-order valence-corrected chi connectivity index (χ4v) is 2.87. The topological polar surface area (TPSA) is 50.2 Å². The summed E-state index contributed by atoms with van der Waals surface area (Å²) in [6.07, 6.45) is 0.756. The number of carbonyl (C=O) groups is 1. The van der Waals surface area contributed by atoms with Gasteiger partial charge in [0.2, 0.25) is 0 Å². The monoisotopic (exact) mass is 281 g/mol. The highest BCUT2D eigenvalue weighted by molar-refractivity contribution is 7.11. The molecule has 3 nitrogen and oxygen atoms in total. The van der Waals surface area contributed by atoms with Crippen LogP contribution in [-0.2, 0) is 17.6 Å². The summed E-state index contributed by atoms with van der Waals surface area (Å²) in [5, 5.41) is 10.1. The number of nitrogens with zero attached hydrogens (tertiary/aromatic N) is 1. The molecule has 1 N–H and O–H groups in total. The zero-order valence-electron chi connectivity index (χ0n) is 9.81. The molecule has 0 spiro atoms. The van der Waals surface area contributed by atoms with Crippen molar-refractivity contribution in [2.45, 2.75) is 19.8 Å². The Bertz CT molecular complexity index is 563. The van der Waals surface area contributed by atoms with Crippen molar-refractivity contribution in [3.63, 3.8) is 0 Å². The van der Waals surface area contributed by atoms with Crippen LogP contribution >= 0.6 is 22.9 Å². The van der Waals surface area contributed by atoms with Gasteiger partial charge in [-0.3, -0.25) is 4.79 Å².